The molecule has 1 aliphatic carbocycles. The summed E-state index contributed by atoms with van der Waals surface area (Å²) in [6, 6.07) is 21.3. The number of carbonyl (C=O) groups excluding carboxylic acids is 2. The third-order valence-corrected chi connectivity index (χ3v) is 6.22. The Balaban J connectivity index is 1.27. The maximum absolute atomic E-state index is 12.6. The van der Waals surface area contributed by atoms with Crippen LogP contribution in [0.2, 0.25) is 0 Å². The van der Waals surface area contributed by atoms with Crippen LogP contribution < -0.4 is 10.1 Å². The van der Waals surface area contributed by atoms with E-state index in [9.17, 15) is 9.59 Å². The number of carbonyl (C=O) groups is 2. The van der Waals surface area contributed by atoms with E-state index in [2.05, 4.69) is 34.6 Å². The molecule has 166 valence electrons. The summed E-state index contributed by atoms with van der Waals surface area (Å²) in [7, 11) is 1.61. The first kappa shape index (κ1) is 20.8. The number of aldehydes is 1. The van der Waals surface area contributed by atoms with Crippen LogP contribution in [0.4, 0.5) is 4.79 Å². The maximum Gasteiger partial charge on any atom is 0.407 e. The van der Waals surface area contributed by atoms with Crippen LogP contribution in [-0.4, -0.2) is 37.1 Å². The number of aromatic amines is 1. The minimum atomic E-state index is -0.718. The summed E-state index contributed by atoms with van der Waals surface area (Å²) in [6.45, 7) is 0.201. The molecule has 5 rings (SSSR count). The van der Waals surface area contributed by atoms with Crippen molar-refractivity contribution >= 4 is 23.3 Å². The minimum absolute atomic E-state index is 0.0318. The summed E-state index contributed by atoms with van der Waals surface area (Å²) >= 11 is 0. The smallest absolute Gasteiger partial charge is 0.407 e. The third-order valence-electron chi connectivity index (χ3n) is 6.22. The summed E-state index contributed by atoms with van der Waals surface area (Å²) in [5, 5.41) is 3.60. The van der Waals surface area contributed by atoms with Crippen LogP contribution in [0.1, 0.15) is 22.6 Å². The predicted octanol–water partition coefficient (Wildman–Crippen LogP) is 4.83. The van der Waals surface area contributed by atoms with Crippen molar-refractivity contribution in [3.63, 3.8) is 0 Å². The van der Waals surface area contributed by atoms with E-state index in [-0.39, 0.29) is 12.5 Å². The van der Waals surface area contributed by atoms with Gasteiger partial charge in [0.05, 0.1) is 13.2 Å². The number of H-pyrrole nitrogens is 1. The Labute approximate surface area is 191 Å². The molecule has 6 heteroatoms. The number of hydrogen-bond donors (Lipinski definition) is 2. The van der Waals surface area contributed by atoms with Crippen LogP contribution in [0.5, 0.6) is 5.75 Å². The lowest BCUT2D eigenvalue weighted by atomic mass is 9.98. The molecule has 0 saturated carbocycles. The Morgan fingerprint density at radius 2 is 1.73 bits per heavy atom. The topological polar surface area (TPSA) is 80.4 Å². The van der Waals surface area contributed by atoms with Crippen LogP contribution in [0.3, 0.4) is 0 Å². The van der Waals surface area contributed by atoms with E-state index in [4.69, 9.17) is 9.47 Å². The van der Waals surface area contributed by atoms with Gasteiger partial charge in [-0.3, -0.25) is 0 Å². The second-order valence-corrected chi connectivity index (χ2v) is 8.11. The second kappa shape index (κ2) is 8.82. The van der Waals surface area contributed by atoms with E-state index in [1.54, 1.807) is 7.11 Å². The van der Waals surface area contributed by atoms with Crippen molar-refractivity contribution < 1.29 is 19.1 Å². The number of ether oxygens (including phenoxy) is 2. The SMILES string of the molecule is COc1cccc2[nH]cc(C[C@@H](C=O)NC(=O)OCC3c4ccccc4-c4ccccc43)c12. The maximum atomic E-state index is 12.6. The van der Waals surface area contributed by atoms with Crippen molar-refractivity contribution in [1.82, 2.24) is 10.3 Å². The first-order valence-corrected chi connectivity index (χ1v) is 10.9. The molecule has 3 aromatic carbocycles. The fourth-order valence-electron chi connectivity index (χ4n) is 4.71. The van der Waals surface area contributed by atoms with Crippen molar-refractivity contribution in [3.8, 4) is 16.9 Å². The van der Waals surface area contributed by atoms with Gasteiger partial charge in [-0.15, -0.1) is 0 Å². The highest BCUT2D eigenvalue weighted by Crippen LogP contribution is 2.44. The van der Waals surface area contributed by atoms with Gasteiger partial charge in [-0.25, -0.2) is 4.79 Å². The van der Waals surface area contributed by atoms with E-state index in [1.807, 2.05) is 48.7 Å². The summed E-state index contributed by atoms with van der Waals surface area (Å²) in [4.78, 5) is 27.5. The van der Waals surface area contributed by atoms with Crippen LogP contribution in [-0.2, 0) is 16.0 Å². The molecule has 0 unspecified atom stereocenters. The molecular weight excluding hydrogens is 416 g/mol. The average Bonchev–Trinajstić information content (AvgIpc) is 3.41. The van der Waals surface area contributed by atoms with Gasteiger partial charge in [-0.1, -0.05) is 54.6 Å². The molecule has 0 saturated heterocycles. The third kappa shape index (κ3) is 3.84. The molecule has 0 radical (unpaired) electrons. The monoisotopic (exact) mass is 440 g/mol. The highest BCUT2D eigenvalue weighted by atomic mass is 16.5. The Kier molecular flexibility index (Phi) is 5.57. The van der Waals surface area contributed by atoms with Crippen LogP contribution >= 0.6 is 0 Å². The highest BCUT2D eigenvalue weighted by molar-refractivity contribution is 5.90. The lowest BCUT2D eigenvalue weighted by Crippen LogP contribution is -2.38. The molecule has 4 aromatic rings. The molecule has 0 bridgehead atoms. The molecule has 1 amide bonds. The van der Waals surface area contributed by atoms with Gasteiger partial charge in [-0.2, -0.15) is 0 Å². The summed E-state index contributed by atoms with van der Waals surface area (Å²) < 4.78 is 11.0. The van der Waals surface area contributed by atoms with E-state index in [0.717, 1.165) is 39.6 Å². The number of fused-ring (bicyclic) bond motifs is 4. The van der Waals surface area contributed by atoms with Crippen molar-refractivity contribution in [2.24, 2.45) is 0 Å². The normalized spacial score (nSPS) is 13.2. The number of methoxy groups -OCH3 is 1. The fourth-order valence-corrected chi connectivity index (χ4v) is 4.71. The molecule has 1 atom stereocenters. The van der Waals surface area contributed by atoms with Crippen molar-refractivity contribution in [1.29, 1.82) is 0 Å². The van der Waals surface area contributed by atoms with E-state index in [1.165, 1.54) is 11.1 Å². The quantitative estimate of drug-likeness (QED) is 0.404. The molecular formula is C27H24N2O4. The van der Waals surface area contributed by atoms with Crippen LogP contribution in [0, 0.1) is 0 Å². The fraction of sp³-hybridized carbons (Fsp3) is 0.185. The molecule has 2 N–H and O–H groups in total. The van der Waals surface area contributed by atoms with Crippen LogP contribution in [0.25, 0.3) is 22.0 Å². The van der Waals surface area contributed by atoms with Crippen molar-refractivity contribution in [3.05, 3.63) is 89.6 Å². The minimum Gasteiger partial charge on any atom is -0.496 e. The first-order valence-electron chi connectivity index (χ1n) is 10.9. The zero-order valence-electron chi connectivity index (χ0n) is 18.2. The molecule has 6 nitrogen and oxygen atoms in total. The lowest BCUT2D eigenvalue weighted by molar-refractivity contribution is -0.109. The largest absolute Gasteiger partial charge is 0.496 e. The van der Waals surface area contributed by atoms with E-state index in [0.29, 0.717) is 6.42 Å². The molecule has 1 aromatic heterocycles. The molecule has 0 spiro atoms. The molecule has 0 fully saturated rings. The number of alkyl carbamates (subject to hydrolysis) is 1. The van der Waals surface area contributed by atoms with Gasteiger partial charge in [0.15, 0.2) is 0 Å². The van der Waals surface area contributed by atoms with Crippen molar-refractivity contribution in [2.75, 3.05) is 13.7 Å². The number of amides is 1. The van der Waals surface area contributed by atoms with Gasteiger partial charge in [0.2, 0.25) is 0 Å². The van der Waals surface area contributed by atoms with Crippen LogP contribution in [0.15, 0.2) is 72.9 Å². The first-order chi connectivity index (χ1) is 16.2. The predicted molar refractivity (Wildman–Crippen MR) is 127 cm³/mol. The van der Waals surface area contributed by atoms with Gasteiger partial charge in [0, 0.05) is 29.4 Å². The van der Waals surface area contributed by atoms with Gasteiger partial charge in [0.1, 0.15) is 18.6 Å². The number of hydrogen-bond acceptors (Lipinski definition) is 4. The summed E-state index contributed by atoms with van der Waals surface area (Å²) in [6.07, 6.45) is 2.29. The number of nitrogens with one attached hydrogen (secondary N) is 2. The highest BCUT2D eigenvalue weighted by Gasteiger charge is 2.29. The Hall–Kier alpha value is -4.06. The van der Waals surface area contributed by atoms with Gasteiger partial charge in [-0.05, 0) is 39.9 Å². The summed E-state index contributed by atoms with van der Waals surface area (Å²) in [5.41, 5.74) is 6.42. The zero-order chi connectivity index (χ0) is 22.8. The van der Waals surface area contributed by atoms with Gasteiger partial charge in [0.25, 0.3) is 0 Å². The summed E-state index contributed by atoms with van der Waals surface area (Å²) in [5.74, 6) is 0.685. The molecule has 0 aliphatic heterocycles. The lowest BCUT2D eigenvalue weighted by Gasteiger charge is -2.17. The molecule has 1 heterocycles. The average molecular weight is 440 g/mol. The standard InChI is InChI=1S/C27H24N2O4/c1-32-25-12-6-11-24-26(25)17(14-28-24)13-18(15-30)29-27(31)33-16-23-21-9-4-2-7-19(21)20-8-3-5-10-22(20)23/h2-12,14-15,18,23,28H,13,16H2,1H3,(H,29,31)/t18-/m0/s1. The molecule has 33 heavy (non-hydrogen) atoms. The Bertz CT molecular complexity index is 1280. The second-order valence-electron chi connectivity index (χ2n) is 8.11. The Morgan fingerprint density at radius 1 is 1.03 bits per heavy atom. The van der Waals surface area contributed by atoms with E-state index >= 15 is 0 Å². The van der Waals surface area contributed by atoms with Gasteiger partial charge >= 0.3 is 6.09 Å². The Morgan fingerprint density at radius 3 is 2.39 bits per heavy atom. The molecule has 1 aliphatic rings. The number of rotatable bonds is 7. The zero-order valence-corrected chi connectivity index (χ0v) is 18.2. The number of aromatic nitrogens is 1. The van der Waals surface area contributed by atoms with E-state index < -0.39 is 12.1 Å². The van der Waals surface area contributed by atoms with Gasteiger partial charge < -0.3 is 24.6 Å². The number of benzene rings is 3. The van der Waals surface area contributed by atoms with Crippen molar-refractivity contribution in [2.45, 2.75) is 18.4 Å².